The molecule has 1 aromatic rings. The second kappa shape index (κ2) is 6.01. The van der Waals surface area contributed by atoms with Crippen LogP contribution in [0.15, 0.2) is 24.3 Å². The maximum Gasteiger partial charge on any atom is 0.308 e. The number of aryl methyl sites for hydroxylation is 1. The van der Waals surface area contributed by atoms with Gasteiger partial charge in [-0.2, -0.15) is 0 Å². The second-order valence-corrected chi connectivity index (χ2v) is 5.49. The molecule has 0 aliphatic carbocycles. The smallest absolute Gasteiger partial charge is 0.308 e. The molecule has 0 aliphatic heterocycles. The summed E-state index contributed by atoms with van der Waals surface area (Å²) in [6.45, 7) is 7.67. The Kier molecular flexibility index (Phi) is 4.91. The van der Waals surface area contributed by atoms with Crippen LogP contribution in [0.1, 0.15) is 51.3 Å². The van der Waals surface area contributed by atoms with Gasteiger partial charge in [0.25, 0.3) is 0 Å². The van der Waals surface area contributed by atoms with Crippen LogP contribution in [-0.4, -0.2) is 11.6 Å². The zero-order valence-corrected chi connectivity index (χ0v) is 11.7. The average Bonchev–Trinajstić information content (AvgIpc) is 2.26. The van der Waals surface area contributed by atoms with E-state index in [1.54, 1.807) is 0 Å². The Morgan fingerprint density at radius 1 is 1.28 bits per heavy atom. The Labute approximate surface area is 109 Å². The van der Waals surface area contributed by atoms with E-state index in [9.17, 15) is 4.79 Å². The summed E-state index contributed by atoms with van der Waals surface area (Å²) >= 11 is 0. The third-order valence-corrected chi connectivity index (χ3v) is 2.62. The SMILES string of the molecule is CCc1ccc(C(N)CC(=O)OC(C)(C)C)cc1. The highest BCUT2D eigenvalue weighted by molar-refractivity contribution is 5.70. The van der Waals surface area contributed by atoms with Crippen molar-refractivity contribution in [2.24, 2.45) is 5.73 Å². The number of esters is 1. The molecular weight excluding hydrogens is 226 g/mol. The summed E-state index contributed by atoms with van der Waals surface area (Å²) in [6, 6.07) is 7.75. The standard InChI is InChI=1S/C15H23NO2/c1-5-11-6-8-12(9-7-11)13(16)10-14(17)18-15(2,3)4/h6-9,13H,5,10,16H2,1-4H3. The Hall–Kier alpha value is -1.35. The minimum absolute atomic E-state index is 0.211. The van der Waals surface area contributed by atoms with E-state index in [0.717, 1.165) is 12.0 Å². The summed E-state index contributed by atoms with van der Waals surface area (Å²) in [4.78, 5) is 11.7. The molecule has 3 nitrogen and oxygen atoms in total. The van der Waals surface area contributed by atoms with E-state index < -0.39 is 5.60 Å². The van der Waals surface area contributed by atoms with Crippen molar-refractivity contribution in [1.82, 2.24) is 0 Å². The fourth-order valence-corrected chi connectivity index (χ4v) is 1.68. The number of ether oxygens (including phenoxy) is 1. The number of carbonyl (C=O) groups is 1. The van der Waals surface area contributed by atoms with Crippen LogP contribution in [0, 0.1) is 0 Å². The minimum Gasteiger partial charge on any atom is -0.460 e. The molecule has 1 atom stereocenters. The quantitative estimate of drug-likeness (QED) is 0.835. The van der Waals surface area contributed by atoms with Crippen molar-refractivity contribution in [2.75, 3.05) is 0 Å². The predicted octanol–water partition coefficient (Wildman–Crippen LogP) is 2.98. The number of hydrogen-bond acceptors (Lipinski definition) is 3. The Morgan fingerprint density at radius 3 is 2.28 bits per heavy atom. The molecule has 18 heavy (non-hydrogen) atoms. The lowest BCUT2D eigenvalue weighted by Crippen LogP contribution is -2.26. The summed E-state index contributed by atoms with van der Waals surface area (Å²) in [5.74, 6) is -0.255. The van der Waals surface area contributed by atoms with Gasteiger partial charge in [0.05, 0.1) is 6.42 Å². The van der Waals surface area contributed by atoms with Gasteiger partial charge < -0.3 is 10.5 Å². The first-order chi connectivity index (χ1) is 8.31. The second-order valence-electron chi connectivity index (χ2n) is 5.49. The van der Waals surface area contributed by atoms with Gasteiger partial charge in [-0.3, -0.25) is 4.79 Å². The molecule has 1 unspecified atom stereocenters. The monoisotopic (exact) mass is 249 g/mol. The Balaban J connectivity index is 2.59. The van der Waals surface area contributed by atoms with Crippen LogP contribution in [0.2, 0.25) is 0 Å². The molecule has 0 spiro atoms. The van der Waals surface area contributed by atoms with Gasteiger partial charge in [0, 0.05) is 6.04 Å². The van der Waals surface area contributed by atoms with Crippen LogP contribution in [0.3, 0.4) is 0 Å². The number of rotatable bonds is 4. The van der Waals surface area contributed by atoms with Gasteiger partial charge in [-0.15, -0.1) is 0 Å². The fourth-order valence-electron chi connectivity index (χ4n) is 1.68. The zero-order chi connectivity index (χ0) is 13.8. The molecule has 0 aliphatic rings. The molecule has 2 N–H and O–H groups in total. The fraction of sp³-hybridized carbons (Fsp3) is 0.533. The van der Waals surface area contributed by atoms with E-state index in [1.165, 1.54) is 5.56 Å². The average molecular weight is 249 g/mol. The molecule has 0 saturated carbocycles. The zero-order valence-electron chi connectivity index (χ0n) is 11.7. The van der Waals surface area contributed by atoms with Gasteiger partial charge in [0.1, 0.15) is 5.60 Å². The van der Waals surface area contributed by atoms with Gasteiger partial charge in [-0.05, 0) is 38.3 Å². The number of benzene rings is 1. The van der Waals surface area contributed by atoms with E-state index in [2.05, 4.69) is 6.92 Å². The first kappa shape index (κ1) is 14.7. The van der Waals surface area contributed by atoms with Crippen LogP contribution in [-0.2, 0) is 16.0 Å². The molecule has 0 radical (unpaired) electrons. The number of nitrogens with two attached hydrogens (primary N) is 1. The molecule has 100 valence electrons. The molecule has 1 aromatic carbocycles. The number of carbonyl (C=O) groups excluding carboxylic acids is 1. The van der Waals surface area contributed by atoms with Gasteiger partial charge in [0.15, 0.2) is 0 Å². The molecule has 0 saturated heterocycles. The Morgan fingerprint density at radius 2 is 1.83 bits per heavy atom. The lowest BCUT2D eigenvalue weighted by Gasteiger charge is -2.21. The predicted molar refractivity (Wildman–Crippen MR) is 73.2 cm³/mol. The largest absolute Gasteiger partial charge is 0.460 e. The normalized spacial score (nSPS) is 13.2. The Bertz CT molecular complexity index is 390. The third kappa shape index (κ3) is 4.88. The van der Waals surface area contributed by atoms with Crippen molar-refractivity contribution < 1.29 is 9.53 Å². The molecule has 0 bridgehead atoms. The summed E-state index contributed by atoms with van der Waals surface area (Å²) in [6.07, 6.45) is 1.21. The highest BCUT2D eigenvalue weighted by Gasteiger charge is 2.19. The van der Waals surface area contributed by atoms with Crippen molar-refractivity contribution in [3.8, 4) is 0 Å². The van der Waals surface area contributed by atoms with Gasteiger partial charge in [-0.25, -0.2) is 0 Å². The van der Waals surface area contributed by atoms with E-state index in [0.29, 0.717) is 0 Å². The van der Waals surface area contributed by atoms with E-state index in [-0.39, 0.29) is 18.4 Å². The van der Waals surface area contributed by atoms with Crippen LogP contribution < -0.4 is 5.73 Å². The lowest BCUT2D eigenvalue weighted by molar-refractivity contribution is -0.155. The van der Waals surface area contributed by atoms with Crippen LogP contribution in [0.25, 0.3) is 0 Å². The number of hydrogen-bond donors (Lipinski definition) is 1. The van der Waals surface area contributed by atoms with E-state index >= 15 is 0 Å². The van der Waals surface area contributed by atoms with Gasteiger partial charge in [-0.1, -0.05) is 31.2 Å². The van der Waals surface area contributed by atoms with Crippen LogP contribution in [0.4, 0.5) is 0 Å². The van der Waals surface area contributed by atoms with Crippen molar-refractivity contribution in [3.63, 3.8) is 0 Å². The lowest BCUT2D eigenvalue weighted by atomic mass is 10.0. The molecule has 0 aromatic heterocycles. The first-order valence-corrected chi connectivity index (χ1v) is 6.38. The van der Waals surface area contributed by atoms with E-state index in [1.807, 2.05) is 45.0 Å². The van der Waals surface area contributed by atoms with Crippen LogP contribution >= 0.6 is 0 Å². The highest BCUT2D eigenvalue weighted by Crippen LogP contribution is 2.17. The van der Waals surface area contributed by atoms with E-state index in [4.69, 9.17) is 10.5 Å². The summed E-state index contributed by atoms with van der Waals surface area (Å²) < 4.78 is 5.26. The topological polar surface area (TPSA) is 52.3 Å². The van der Waals surface area contributed by atoms with Gasteiger partial charge in [0.2, 0.25) is 0 Å². The molecule has 0 fully saturated rings. The minimum atomic E-state index is -0.455. The maximum absolute atomic E-state index is 11.7. The molecular formula is C15H23NO2. The van der Waals surface area contributed by atoms with Crippen molar-refractivity contribution in [1.29, 1.82) is 0 Å². The van der Waals surface area contributed by atoms with Crippen molar-refractivity contribution >= 4 is 5.97 Å². The summed E-state index contributed by atoms with van der Waals surface area (Å²) in [5.41, 5.74) is 7.79. The van der Waals surface area contributed by atoms with Crippen molar-refractivity contribution in [2.45, 2.75) is 52.2 Å². The van der Waals surface area contributed by atoms with Crippen molar-refractivity contribution in [3.05, 3.63) is 35.4 Å². The first-order valence-electron chi connectivity index (χ1n) is 6.38. The summed E-state index contributed by atoms with van der Waals surface area (Å²) in [7, 11) is 0. The summed E-state index contributed by atoms with van der Waals surface area (Å²) in [5, 5.41) is 0. The third-order valence-electron chi connectivity index (χ3n) is 2.62. The highest BCUT2D eigenvalue weighted by atomic mass is 16.6. The van der Waals surface area contributed by atoms with Crippen LogP contribution in [0.5, 0.6) is 0 Å². The molecule has 3 heteroatoms. The molecule has 0 heterocycles. The molecule has 0 amide bonds. The van der Waals surface area contributed by atoms with Gasteiger partial charge >= 0.3 is 5.97 Å². The molecule has 1 rings (SSSR count). The maximum atomic E-state index is 11.7.